The van der Waals surface area contributed by atoms with Crippen LogP contribution in [0.25, 0.3) is 0 Å². The maximum absolute atomic E-state index is 12.6. The van der Waals surface area contributed by atoms with Crippen molar-refractivity contribution in [2.75, 3.05) is 0 Å². The molecule has 0 aliphatic carbocycles. The van der Waals surface area contributed by atoms with Crippen LogP contribution in [-0.4, -0.2) is 32.3 Å². The zero-order chi connectivity index (χ0) is 18.7. The van der Waals surface area contributed by atoms with Crippen molar-refractivity contribution in [1.82, 2.24) is 4.90 Å². The van der Waals surface area contributed by atoms with Crippen molar-refractivity contribution in [3.05, 3.63) is 64.1 Å². The summed E-state index contributed by atoms with van der Waals surface area (Å²) in [5, 5.41) is 9.98. The Balaban J connectivity index is 1.92. The standard InChI is InChI=1S/C18H14Cl2N2O3S/c19-12-3-1-11(2-4-12)10-22-16(23)9-15(17(24)25)26-18(22)21-14-7-5-13(20)6-8-14/h1-8,15H,9-10H2,(H,24,25). The largest absolute Gasteiger partial charge is 0.480 e. The second-order valence-corrected chi connectivity index (χ2v) is 7.67. The summed E-state index contributed by atoms with van der Waals surface area (Å²) in [6, 6.07) is 13.9. The quantitative estimate of drug-likeness (QED) is 0.802. The number of nitrogens with zero attached hydrogens (tertiary/aromatic N) is 2. The third kappa shape index (κ3) is 4.58. The number of thioether (sulfide) groups is 1. The van der Waals surface area contributed by atoms with Crippen LogP contribution in [0.4, 0.5) is 5.69 Å². The Morgan fingerprint density at radius 3 is 2.27 bits per heavy atom. The number of hydrogen-bond acceptors (Lipinski definition) is 4. The van der Waals surface area contributed by atoms with E-state index in [1.807, 2.05) is 12.1 Å². The SMILES string of the molecule is O=C(O)C1CC(=O)N(Cc2ccc(Cl)cc2)C(=Nc2ccc(Cl)cc2)S1. The molecule has 1 unspecified atom stereocenters. The van der Waals surface area contributed by atoms with Gasteiger partial charge in [-0.3, -0.25) is 14.5 Å². The molecule has 1 atom stereocenters. The molecule has 0 saturated carbocycles. The van der Waals surface area contributed by atoms with Crippen LogP contribution < -0.4 is 0 Å². The molecule has 1 aliphatic heterocycles. The van der Waals surface area contributed by atoms with Crippen LogP contribution in [0.5, 0.6) is 0 Å². The number of carboxylic acid groups (broad SMARTS) is 1. The molecular formula is C18H14Cl2N2O3S. The summed E-state index contributed by atoms with van der Waals surface area (Å²) in [5.74, 6) is -1.31. The second-order valence-electron chi connectivity index (χ2n) is 5.63. The molecule has 0 aromatic heterocycles. The molecule has 1 amide bonds. The summed E-state index contributed by atoms with van der Waals surface area (Å²) in [5.41, 5.74) is 1.47. The van der Waals surface area contributed by atoms with Gasteiger partial charge in [0.15, 0.2) is 5.17 Å². The molecule has 2 aromatic rings. The van der Waals surface area contributed by atoms with E-state index < -0.39 is 11.2 Å². The van der Waals surface area contributed by atoms with Gasteiger partial charge in [0.25, 0.3) is 0 Å². The third-order valence-electron chi connectivity index (χ3n) is 3.72. The number of benzene rings is 2. The summed E-state index contributed by atoms with van der Waals surface area (Å²) < 4.78 is 0. The van der Waals surface area contributed by atoms with E-state index in [9.17, 15) is 14.7 Å². The highest BCUT2D eigenvalue weighted by Gasteiger charge is 2.35. The highest BCUT2D eigenvalue weighted by atomic mass is 35.5. The van der Waals surface area contributed by atoms with E-state index in [0.717, 1.165) is 17.3 Å². The lowest BCUT2D eigenvalue weighted by Gasteiger charge is -2.30. The first-order valence-corrected chi connectivity index (χ1v) is 9.34. The predicted molar refractivity (Wildman–Crippen MR) is 104 cm³/mol. The molecule has 0 bridgehead atoms. The first-order valence-electron chi connectivity index (χ1n) is 7.71. The minimum absolute atomic E-state index is 0.0762. The lowest BCUT2D eigenvalue weighted by atomic mass is 10.2. The average Bonchev–Trinajstić information content (AvgIpc) is 2.61. The topological polar surface area (TPSA) is 70.0 Å². The second kappa shape index (κ2) is 8.12. The van der Waals surface area contributed by atoms with Crippen molar-refractivity contribution >= 4 is 57.7 Å². The van der Waals surface area contributed by atoms with Gasteiger partial charge in [0.05, 0.1) is 18.7 Å². The number of aliphatic carboxylic acids is 1. The van der Waals surface area contributed by atoms with Crippen molar-refractivity contribution in [2.24, 2.45) is 4.99 Å². The highest BCUT2D eigenvalue weighted by Crippen LogP contribution is 2.30. The van der Waals surface area contributed by atoms with Gasteiger partial charge in [-0.25, -0.2) is 4.99 Å². The molecule has 1 fully saturated rings. The van der Waals surface area contributed by atoms with Gasteiger partial charge in [-0.15, -0.1) is 0 Å². The van der Waals surface area contributed by atoms with E-state index in [1.54, 1.807) is 36.4 Å². The summed E-state index contributed by atoms with van der Waals surface area (Å²) in [6.07, 6.45) is -0.0762. The molecule has 5 nitrogen and oxygen atoms in total. The Labute approximate surface area is 164 Å². The van der Waals surface area contributed by atoms with Crippen molar-refractivity contribution in [3.63, 3.8) is 0 Å². The number of hydrogen-bond donors (Lipinski definition) is 1. The molecule has 26 heavy (non-hydrogen) atoms. The number of carboxylic acids is 1. The molecule has 1 N–H and O–H groups in total. The summed E-state index contributed by atoms with van der Waals surface area (Å²) in [4.78, 5) is 29.9. The van der Waals surface area contributed by atoms with Gasteiger partial charge in [-0.1, -0.05) is 47.1 Å². The van der Waals surface area contributed by atoms with Gasteiger partial charge in [-0.05, 0) is 42.0 Å². The molecule has 2 aromatic carbocycles. The van der Waals surface area contributed by atoms with Crippen molar-refractivity contribution in [1.29, 1.82) is 0 Å². The Morgan fingerprint density at radius 1 is 1.12 bits per heavy atom. The first kappa shape index (κ1) is 18.8. The van der Waals surface area contributed by atoms with Crippen LogP contribution in [0.2, 0.25) is 10.0 Å². The zero-order valence-corrected chi connectivity index (χ0v) is 15.8. The van der Waals surface area contributed by atoms with Gasteiger partial charge in [0, 0.05) is 10.0 Å². The number of carbonyl (C=O) groups is 2. The fourth-order valence-electron chi connectivity index (χ4n) is 2.39. The monoisotopic (exact) mass is 408 g/mol. The third-order valence-corrected chi connectivity index (χ3v) is 5.40. The maximum Gasteiger partial charge on any atom is 0.317 e. The normalized spacial score (nSPS) is 19.0. The molecule has 0 radical (unpaired) electrons. The molecule has 1 saturated heterocycles. The molecule has 0 spiro atoms. The van der Waals surface area contributed by atoms with E-state index in [4.69, 9.17) is 23.2 Å². The van der Waals surface area contributed by atoms with Crippen LogP contribution in [-0.2, 0) is 16.1 Å². The highest BCUT2D eigenvalue weighted by molar-refractivity contribution is 8.15. The van der Waals surface area contributed by atoms with Gasteiger partial charge in [-0.2, -0.15) is 0 Å². The smallest absolute Gasteiger partial charge is 0.317 e. The lowest BCUT2D eigenvalue weighted by Crippen LogP contribution is -2.43. The van der Waals surface area contributed by atoms with Crippen LogP contribution >= 0.6 is 35.0 Å². The van der Waals surface area contributed by atoms with Crippen LogP contribution in [0.3, 0.4) is 0 Å². The minimum atomic E-state index is -1.03. The number of carbonyl (C=O) groups excluding carboxylic acids is 1. The average molecular weight is 409 g/mol. The van der Waals surface area contributed by atoms with Gasteiger partial charge in [0.2, 0.25) is 5.91 Å². The van der Waals surface area contributed by atoms with E-state index in [2.05, 4.69) is 4.99 Å². The van der Waals surface area contributed by atoms with Crippen molar-refractivity contribution in [2.45, 2.75) is 18.2 Å². The summed E-state index contributed by atoms with van der Waals surface area (Å²) >= 11 is 12.9. The number of halogens is 2. The number of amidine groups is 1. The lowest BCUT2D eigenvalue weighted by molar-refractivity contribution is -0.139. The number of aliphatic imine (C=N–C) groups is 1. The van der Waals surface area contributed by atoms with Crippen LogP contribution in [0.1, 0.15) is 12.0 Å². The minimum Gasteiger partial charge on any atom is -0.480 e. The fourth-order valence-corrected chi connectivity index (χ4v) is 3.67. The summed E-state index contributed by atoms with van der Waals surface area (Å²) in [7, 11) is 0. The van der Waals surface area contributed by atoms with Gasteiger partial charge >= 0.3 is 5.97 Å². The predicted octanol–water partition coefficient (Wildman–Crippen LogP) is 4.60. The van der Waals surface area contributed by atoms with Crippen molar-refractivity contribution in [3.8, 4) is 0 Å². The summed E-state index contributed by atoms with van der Waals surface area (Å²) in [6.45, 7) is 0.293. The molecule has 1 heterocycles. The number of rotatable bonds is 4. The van der Waals surface area contributed by atoms with E-state index >= 15 is 0 Å². The Bertz CT molecular complexity index is 854. The van der Waals surface area contributed by atoms with E-state index in [-0.39, 0.29) is 12.3 Å². The van der Waals surface area contributed by atoms with Gasteiger partial charge < -0.3 is 5.11 Å². The molecule has 1 aliphatic rings. The Kier molecular flexibility index (Phi) is 5.86. The maximum atomic E-state index is 12.6. The van der Waals surface area contributed by atoms with Crippen LogP contribution in [0.15, 0.2) is 53.5 Å². The van der Waals surface area contributed by atoms with Crippen LogP contribution in [0, 0.1) is 0 Å². The van der Waals surface area contributed by atoms with E-state index in [0.29, 0.717) is 27.4 Å². The van der Waals surface area contributed by atoms with E-state index in [1.165, 1.54) is 4.90 Å². The molecule has 8 heteroatoms. The molecule has 3 rings (SSSR count). The number of amides is 1. The Morgan fingerprint density at radius 2 is 1.69 bits per heavy atom. The Hall–Kier alpha value is -2.02. The molecule has 134 valence electrons. The molecular weight excluding hydrogens is 395 g/mol. The van der Waals surface area contributed by atoms with Crippen molar-refractivity contribution < 1.29 is 14.7 Å². The first-order chi connectivity index (χ1) is 12.4. The fraction of sp³-hybridized carbons (Fsp3) is 0.167. The zero-order valence-electron chi connectivity index (χ0n) is 13.4. The van der Waals surface area contributed by atoms with Gasteiger partial charge in [0.1, 0.15) is 5.25 Å².